The maximum atomic E-state index is 14.7. The molecular weight excluding hydrogens is 453 g/mol. The van der Waals surface area contributed by atoms with E-state index in [9.17, 15) is 9.18 Å². The quantitative estimate of drug-likeness (QED) is 0.358. The zero-order chi connectivity index (χ0) is 23.2. The van der Waals surface area contributed by atoms with Gasteiger partial charge in [-0.05, 0) is 49.7 Å². The molecule has 10 heteroatoms. The highest BCUT2D eigenvalue weighted by atomic mass is 32.1. The molecule has 2 fully saturated rings. The van der Waals surface area contributed by atoms with Crippen molar-refractivity contribution in [3.05, 3.63) is 40.0 Å². The number of likely N-dealkylation sites (N-methyl/N-ethyl adjacent to an activating group) is 1. The Labute approximate surface area is 200 Å². The van der Waals surface area contributed by atoms with E-state index in [1.807, 2.05) is 17.5 Å². The van der Waals surface area contributed by atoms with Crippen LogP contribution in [0.5, 0.6) is 0 Å². The van der Waals surface area contributed by atoms with E-state index in [-0.39, 0.29) is 11.6 Å². The van der Waals surface area contributed by atoms with Crippen LogP contribution < -0.4 is 21.1 Å². The molecule has 8 nitrogen and oxygen atoms in total. The average molecular weight is 482 g/mol. The minimum absolute atomic E-state index is 0.236. The van der Waals surface area contributed by atoms with Crippen molar-refractivity contribution >= 4 is 44.0 Å². The molecule has 0 saturated carbocycles. The van der Waals surface area contributed by atoms with Gasteiger partial charge < -0.3 is 30.4 Å². The number of halogens is 1. The summed E-state index contributed by atoms with van der Waals surface area (Å²) < 4.78 is 14.7. The highest BCUT2D eigenvalue weighted by Gasteiger charge is 2.28. The van der Waals surface area contributed by atoms with Crippen LogP contribution >= 0.6 is 11.3 Å². The van der Waals surface area contributed by atoms with Crippen molar-refractivity contribution in [2.24, 2.45) is 0 Å². The number of hydrogen-bond acceptors (Lipinski definition) is 7. The van der Waals surface area contributed by atoms with Crippen LogP contribution in [0.1, 0.15) is 6.42 Å². The first-order chi connectivity index (χ1) is 16.6. The first-order valence-electron chi connectivity index (χ1n) is 11.8. The van der Waals surface area contributed by atoms with Gasteiger partial charge in [0.1, 0.15) is 22.4 Å². The van der Waals surface area contributed by atoms with Gasteiger partial charge in [0.2, 0.25) is 0 Å². The number of piperidine rings is 1. The van der Waals surface area contributed by atoms with E-state index in [0.717, 1.165) is 59.7 Å². The fourth-order valence-electron chi connectivity index (χ4n) is 4.94. The number of fused-ring (bicyclic) bond motifs is 2. The first-order valence-corrected chi connectivity index (χ1v) is 12.6. The summed E-state index contributed by atoms with van der Waals surface area (Å²) in [6, 6.07) is 7.79. The van der Waals surface area contributed by atoms with Gasteiger partial charge in [0, 0.05) is 43.8 Å². The predicted molar refractivity (Wildman–Crippen MR) is 137 cm³/mol. The Hall–Kier alpha value is -2.95. The van der Waals surface area contributed by atoms with Crippen molar-refractivity contribution in [2.45, 2.75) is 18.6 Å². The Kier molecular flexibility index (Phi) is 5.51. The normalized spacial score (nSPS) is 22.0. The minimum atomic E-state index is -1.03. The fourth-order valence-corrected chi connectivity index (χ4v) is 5.73. The highest BCUT2D eigenvalue weighted by Crippen LogP contribution is 2.35. The predicted octanol–water partition coefficient (Wildman–Crippen LogP) is 3.00. The number of piperazine rings is 1. The van der Waals surface area contributed by atoms with Crippen LogP contribution in [0.15, 0.2) is 34.4 Å². The second kappa shape index (κ2) is 8.68. The van der Waals surface area contributed by atoms with Crippen molar-refractivity contribution in [1.82, 2.24) is 25.2 Å². The number of nitrogens with one attached hydrogen (secondary N) is 4. The molecule has 6 rings (SSSR count). The van der Waals surface area contributed by atoms with Crippen LogP contribution in [0.4, 0.5) is 15.8 Å². The molecule has 2 aliphatic rings. The van der Waals surface area contributed by atoms with Crippen LogP contribution in [0.2, 0.25) is 0 Å². The number of benzene rings is 1. The highest BCUT2D eigenvalue weighted by molar-refractivity contribution is 7.16. The Morgan fingerprint density at radius 2 is 2.03 bits per heavy atom. The van der Waals surface area contributed by atoms with Crippen LogP contribution in [0.3, 0.4) is 0 Å². The molecule has 0 bridgehead atoms. The lowest BCUT2D eigenvalue weighted by Crippen LogP contribution is -2.45. The lowest BCUT2D eigenvalue weighted by atomic mass is 10.0. The summed E-state index contributed by atoms with van der Waals surface area (Å²) >= 11 is 1.46. The van der Waals surface area contributed by atoms with E-state index in [4.69, 9.17) is 4.98 Å². The smallest absolute Gasteiger partial charge is 0.262 e. The Balaban J connectivity index is 1.42. The van der Waals surface area contributed by atoms with Gasteiger partial charge in [-0.3, -0.25) is 4.79 Å². The first kappa shape index (κ1) is 21.6. The van der Waals surface area contributed by atoms with Crippen LogP contribution in [0, 0.1) is 0 Å². The third-order valence-corrected chi connectivity index (χ3v) is 7.78. The van der Waals surface area contributed by atoms with Crippen molar-refractivity contribution in [1.29, 1.82) is 0 Å². The zero-order valence-electron chi connectivity index (χ0n) is 19.0. The number of hydrogen-bond donors (Lipinski definition) is 4. The molecule has 2 atom stereocenters. The van der Waals surface area contributed by atoms with E-state index in [2.05, 4.69) is 49.6 Å². The number of anilines is 2. The molecule has 3 aromatic heterocycles. The maximum Gasteiger partial charge on any atom is 0.262 e. The molecule has 0 aliphatic carbocycles. The van der Waals surface area contributed by atoms with Gasteiger partial charge in [0.25, 0.3) is 5.56 Å². The fraction of sp³-hybridized carbons (Fsp3) is 0.417. The summed E-state index contributed by atoms with van der Waals surface area (Å²) in [5, 5.41) is 9.28. The summed E-state index contributed by atoms with van der Waals surface area (Å²) in [7, 11) is 2.14. The van der Waals surface area contributed by atoms with E-state index in [1.165, 1.54) is 11.3 Å². The van der Waals surface area contributed by atoms with E-state index in [1.54, 1.807) is 0 Å². The number of pyridine rings is 1. The number of imidazole rings is 1. The van der Waals surface area contributed by atoms with Crippen molar-refractivity contribution in [3.8, 4) is 11.4 Å². The minimum Gasteiger partial charge on any atom is -0.378 e. The molecule has 2 saturated heterocycles. The van der Waals surface area contributed by atoms with Gasteiger partial charge in [0.05, 0.1) is 22.8 Å². The van der Waals surface area contributed by atoms with Crippen LogP contribution in [0.25, 0.3) is 32.6 Å². The Morgan fingerprint density at radius 3 is 2.85 bits per heavy atom. The SMILES string of the molecule is CN1CCN(c2ccc3nc(-c4c(NC5CCNC[C@H]5F)c5ccsc5[nH]c4=O)[nH]c3c2)CC1. The lowest BCUT2D eigenvalue weighted by molar-refractivity contribution is 0.245. The topological polar surface area (TPSA) is 92.1 Å². The number of aromatic nitrogens is 3. The lowest BCUT2D eigenvalue weighted by Gasteiger charge is -2.34. The third-order valence-electron chi connectivity index (χ3n) is 6.95. The van der Waals surface area contributed by atoms with Gasteiger partial charge in [-0.25, -0.2) is 9.37 Å². The molecule has 4 aromatic rings. The molecule has 34 heavy (non-hydrogen) atoms. The van der Waals surface area contributed by atoms with E-state index >= 15 is 0 Å². The summed E-state index contributed by atoms with van der Waals surface area (Å²) in [6.07, 6.45) is -0.385. The largest absolute Gasteiger partial charge is 0.378 e. The molecule has 1 unspecified atom stereocenters. The van der Waals surface area contributed by atoms with Crippen LogP contribution in [-0.2, 0) is 0 Å². The number of nitrogens with zero attached hydrogens (tertiary/aromatic N) is 3. The van der Waals surface area contributed by atoms with E-state index in [0.29, 0.717) is 30.0 Å². The second-order valence-electron chi connectivity index (χ2n) is 9.20. The molecule has 178 valence electrons. The zero-order valence-corrected chi connectivity index (χ0v) is 19.8. The molecule has 4 N–H and O–H groups in total. The Bertz CT molecular complexity index is 1390. The molecule has 0 radical (unpaired) electrons. The summed E-state index contributed by atoms with van der Waals surface area (Å²) in [5.74, 6) is 0.492. The van der Waals surface area contributed by atoms with Gasteiger partial charge in [-0.1, -0.05) is 0 Å². The molecular formula is C24H28FN7OS. The number of alkyl halides is 1. The number of thiophene rings is 1. The summed E-state index contributed by atoms with van der Waals surface area (Å²) in [4.78, 5) is 29.8. The van der Waals surface area contributed by atoms with Gasteiger partial charge >= 0.3 is 0 Å². The summed E-state index contributed by atoms with van der Waals surface area (Å²) in [6.45, 7) is 5.07. The standard InChI is InChI=1S/C24H28FN7OS/c1-31-7-9-32(10-8-31)14-2-3-18-19(12-14)29-22(28-18)20-21(27-17-4-6-26-13-16(17)25)15-5-11-34-24(15)30-23(20)33/h2-3,5,11-12,16-17,26H,4,6-10,13H2,1H3,(H,28,29)(H2,27,30,33)/t16-,17?/m1/s1. The summed E-state index contributed by atoms with van der Waals surface area (Å²) in [5.41, 5.74) is 3.66. The number of H-pyrrole nitrogens is 2. The maximum absolute atomic E-state index is 14.7. The Morgan fingerprint density at radius 1 is 1.18 bits per heavy atom. The number of rotatable bonds is 4. The van der Waals surface area contributed by atoms with E-state index < -0.39 is 6.17 Å². The third kappa shape index (κ3) is 3.85. The van der Waals surface area contributed by atoms with Crippen molar-refractivity contribution in [2.75, 3.05) is 56.5 Å². The number of aromatic amines is 2. The van der Waals surface area contributed by atoms with Crippen molar-refractivity contribution < 1.29 is 4.39 Å². The molecule has 0 spiro atoms. The molecule has 0 amide bonds. The second-order valence-corrected chi connectivity index (χ2v) is 10.1. The monoisotopic (exact) mass is 481 g/mol. The van der Waals surface area contributed by atoms with Gasteiger partial charge in [-0.15, -0.1) is 11.3 Å². The van der Waals surface area contributed by atoms with Crippen molar-refractivity contribution in [3.63, 3.8) is 0 Å². The van der Waals surface area contributed by atoms with Gasteiger partial charge in [0.15, 0.2) is 0 Å². The molecule has 2 aliphatic heterocycles. The molecule has 1 aromatic carbocycles. The molecule has 5 heterocycles. The van der Waals surface area contributed by atoms with Crippen LogP contribution in [-0.4, -0.2) is 78.4 Å². The average Bonchev–Trinajstić information content (AvgIpc) is 3.47. The van der Waals surface area contributed by atoms with Gasteiger partial charge in [-0.2, -0.15) is 0 Å².